The van der Waals surface area contributed by atoms with Crippen molar-refractivity contribution in [1.29, 1.82) is 0 Å². The smallest absolute Gasteiger partial charge is 0.170 e. The summed E-state index contributed by atoms with van der Waals surface area (Å²) in [6.45, 7) is 10.7. The fraction of sp³-hybridized carbons (Fsp3) is 0.562. The van der Waals surface area contributed by atoms with Crippen LogP contribution in [0.3, 0.4) is 0 Å². The first-order valence-corrected chi connectivity index (χ1v) is 7.51. The molecule has 0 fully saturated rings. The molecule has 0 spiro atoms. The molecule has 112 valence electrons. The molecule has 20 heavy (non-hydrogen) atoms. The first kappa shape index (κ1) is 16.9. The molecule has 0 aliphatic heterocycles. The van der Waals surface area contributed by atoms with E-state index in [0.29, 0.717) is 5.11 Å². The van der Waals surface area contributed by atoms with E-state index < -0.39 is 0 Å². The molecular weight excluding hydrogens is 266 g/mol. The summed E-state index contributed by atoms with van der Waals surface area (Å²) in [4.78, 5) is 1.45. The fourth-order valence-electron chi connectivity index (χ4n) is 2.56. The molecule has 0 unspecified atom stereocenters. The lowest BCUT2D eigenvalue weighted by molar-refractivity contribution is -0.865. The second-order valence-electron chi connectivity index (χ2n) is 6.73. The predicted octanol–water partition coefficient (Wildman–Crippen LogP) is 1.76. The van der Waals surface area contributed by atoms with Gasteiger partial charge in [0, 0.05) is 17.6 Å². The summed E-state index contributed by atoms with van der Waals surface area (Å²) in [7, 11) is 4.35. The minimum absolute atomic E-state index is 0.215. The van der Waals surface area contributed by atoms with Crippen LogP contribution in [-0.2, 0) is 0 Å². The molecule has 3 N–H and O–H groups in total. The summed E-state index contributed by atoms with van der Waals surface area (Å²) in [5, 5.41) is 7.28. The molecule has 0 bridgehead atoms. The van der Waals surface area contributed by atoms with E-state index in [-0.39, 0.29) is 5.41 Å². The van der Waals surface area contributed by atoms with Crippen LogP contribution in [0.2, 0.25) is 0 Å². The molecule has 0 heterocycles. The molecule has 0 aromatic heterocycles. The Balaban J connectivity index is 2.51. The maximum absolute atomic E-state index is 5.38. The van der Waals surface area contributed by atoms with Gasteiger partial charge in [0.1, 0.15) is 0 Å². The average Bonchev–Trinajstić information content (AvgIpc) is 2.23. The van der Waals surface area contributed by atoms with Gasteiger partial charge in [-0.05, 0) is 49.3 Å². The molecule has 1 aromatic rings. The molecule has 0 aliphatic carbocycles. The average molecular weight is 294 g/mol. The normalized spacial score (nSPS) is 11.6. The number of nitrogens with one attached hydrogen (secondary N) is 3. The van der Waals surface area contributed by atoms with Crippen molar-refractivity contribution < 1.29 is 4.90 Å². The number of hydrogen-bond donors (Lipinski definition) is 3. The van der Waals surface area contributed by atoms with Crippen LogP contribution in [0.4, 0.5) is 5.69 Å². The Morgan fingerprint density at radius 1 is 1.15 bits per heavy atom. The zero-order chi connectivity index (χ0) is 15.3. The van der Waals surface area contributed by atoms with Crippen LogP contribution < -0.4 is 15.5 Å². The third kappa shape index (κ3) is 6.35. The highest BCUT2D eigenvalue weighted by Gasteiger charge is 2.21. The van der Waals surface area contributed by atoms with Gasteiger partial charge in [0.15, 0.2) is 5.11 Å². The number of rotatable bonds is 5. The van der Waals surface area contributed by atoms with Gasteiger partial charge in [0.25, 0.3) is 0 Å². The highest BCUT2D eigenvalue weighted by atomic mass is 32.1. The van der Waals surface area contributed by atoms with Gasteiger partial charge in [0.05, 0.1) is 20.6 Å². The lowest BCUT2D eigenvalue weighted by Crippen LogP contribution is -3.07. The van der Waals surface area contributed by atoms with Crippen LogP contribution in [0.1, 0.15) is 25.0 Å². The van der Waals surface area contributed by atoms with Crippen molar-refractivity contribution in [1.82, 2.24) is 5.32 Å². The van der Waals surface area contributed by atoms with E-state index in [1.54, 1.807) is 0 Å². The Kier molecular flexibility index (Phi) is 5.96. The van der Waals surface area contributed by atoms with Crippen molar-refractivity contribution >= 4 is 23.0 Å². The van der Waals surface area contributed by atoms with Gasteiger partial charge >= 0.3 is 0 Å². The summed E-state index contributed by atoms with van der Waals surface area (Å²) in [5.41, 5.74) is 3.75. The zero-order valence-corrected chi connectivity index (χ0v) is 14.4. The van der Waals surface area contributed by atoms with Crippen LogP contribution in [0.25, 0.3) is 0 Å². The van der Waals surface area contributed by atoms with E-state index in [4.69, 9.17) is 12.2 Å². The standard InChI is InChI=1S/C16H27N3S/c1-12-7-13(2)9-14(8-12)18-15(20)17-10-16(3,4)11-19(5)6/h7-9H,10-11H2,1-6H3,(H2,17,18,20)/p+1. The van der Waals surface area contributed by atoms with E-state index in [9.17, 15) is 0 Å². The summed E-state index contributed by atoms with van der Waals surface area (Å²) in [6.07, 6.45) is 0. The molecule has 0 radical (unpaired) electrons. The molecule has 1 aromatic carbocycles. The topological polar surface area (TPSA) is 28.5 Å². The monoisotopic (exact) mass is 294 g/mol. The summed E-state index contributed by atoms with van der Waals surface area (Å²) in [5.74, 6) is 0. The first-order chi connectivity index (χ1) is 9.18. The van der Waals surface area contributed by atoms with Gasteiger partial charge in [-0.15, -0.1) is 0 Å². The van der Waals surface area contributed by atoms with Gasteiger partial charge < -0.3 is 15.5 Å². The maximum atomic E-state index is 5.38. The van der Waals surface area contributed by atoms with Gasteiger partial charge in [-0.1, -0.05) is 19.9 Å². The van der Waals surface area contributed by atoms with E-state index in [1.165, 1.54) is 16.0 Å². The summed E-state index contributed by atoms with van der Waals surface area (Å²) in [6, 6.07) is 6.37. The molecule has 4 heteroatoms. The number of benzene rings is 1. The SMILES string of the molecule is Cc1cc(C)cc(NC(=S)NCC(C)(C)C[NH+](C)C)c1. The van der Waals surface area contributed by atoms with Crippen LogP contribution in [0.15, 0.2) is 18.2 Å². The van der Waals surface area contributed by atoms with Gasteiger partial charge in [0.2, 0.25) is 0 Å². The van der Waals surface area contributed by atoms with Crippen LogP contribution in [0, 0.1) is 19.3 Å². The summed E-state index contributed by atoms with van der Waals surface area (Å²) < 4.78 is 0. The van der Waals surface area contributed by atoms with Crippen molar-refractivity contribution in [3.05, 3.63) is 29.3 Å². The number of anilines is 1. The molecule has 0 aliphatic rings. The predicted molar refractivity (Wildman–Crippen MR) is 91.6 cm³/mol. The van der Waals surface area contributed by atoms with Crippen molar-refractivity contribution in [2.75, 3.05) is 32.5 Å². The first-order valence-electron chi connectivity index (χ1n) is 7.10. The molecule has 0 atom stereocenters. The molecule has 0 saturated carbocycles. The van der Waals surface area contributed by atoms with E-state index >= 15 is 0 Å². The Morgan fingerprint density at radius 3 is 2.20 bits per heavy atom. The molecule has 0 amide bonds. The quantitative estimate of drug-likeness (QED) is 0.723. The van der Waals surface area contributed by atoms with Gasteiger partial charge in [-0.2, -0.15) is 0 Å². The molecule has 0 saturated heterocycles. The number of quaternary nitrogens is 1. The number of thiocarbonyl (C=S) groups is 1. The largest absolute Gasteiger partial charge is 0.362 e. The maximum Gasteiger partial charge on any atom is 0.170 e. The molecule has 1 rings (SSSR count). The Morgan fingerprint density at radius 2 is 1.70 bits per heavy atom. The third-order valence-electron chi connectivity index (χ3n) is 3.04. The summed E-state index contributed by atoms with van der Waals surface area (Å²) >= 11 is 5.38. The van der Waals surface area contributed by atoms with Crippen molar-refractivity contribution in [2.24, 2.45) is 5.41 Å². The second kappa shape index (κ2) is 7.04. The Labute approximate surface area is 128 Å². The lowest BCUT2D eigenvalue weighted by Gasteiger charge is -2.26. The van der Waals surface area contributed by atoms with Gasteiger partial charge in [-0.25, -0.2) is 0 Å². The fourth-order valence-corrected chi connectivity index (χ4v) is 2.75. The minimum Gasteiger partial charge on any atom is -0.362 e. The van der Waals surface area contributed by atoms with Crippen LogP contribution in [-0.4, -0.2) is 32.3 Å². The van der Waals surface area contributed by atoms with E-state index in [2.05, 4.69) is 70.6 Å². The molecular formula is C16H28N3S+. The van der Waals surface area contributed by atoms with Crippen LogP contribution in [0.5, 0.6) is 0 Å². The van der Waals surface area contributed by atoms with Crippen molar-refractivity contribution in [3.8, 4) is 0 Å². The second-order valence-corrected chi connectivity index (χ2v) is 7.14. The zero-order valence-electron chi connectivity index (χ0n) is 13.6. The lowest BCUT2D eigenvalue weighted by atomic mass is 9.93. The van der Waals surface area contributed by atoms with Crippen molar-refractivity contribution in [2.45, 2.75) is 27.7 Å². The van der Waals surface area contributed by atoms with Gasteiger partial charge in [-0.3, -0.25) is 0 Å². The number of aryl methyl sites for hydroxylation is 2. The highest BCUT2D eigenvalue weighted by molar-refractivity contribution is 7.80. The van der Waals surface area contributed by atoms with Crippen molar-refractivity contribution in [3.63, 3.8) is 0 Å². The minimum atomic E-state index is 0.215. The molecule has 3 nitrogen and oxygen atoms in total. The Bertz CT molecular complexity index is 447. The number of hydrogen-bond acceptors (Lipinski definition) is 1. The third-order valence-corrected chi connectivity index (χ3v) is 3.29. The highest BCUT2D eigenvalue weighted by Crippen LogP contribution is 2.14. The van der Waals surface area contributed by atoms with Crippen LogP contribution >= 0.6 is 12.2 Å². The Hall–Kier alpha value is -1.13. The van der Waals surface area contributed by atoms with E-state index in [0.717, 1.165) is 18.8 Å². The van der Waals surface area contributed by atoms with E-state index in [1.807, 2.05) is 0 Å².